The van der Waals surface area contributed by atoms with Crippen LogP contribution in [0.4, 0.5) is 0 Å². The average Bonchev–Trinajstić information content (AvgIpc) is 3.52. The maximum Gasteiger partial charge on any atom is 0.0155 e. The molecular formula is C59H50. The lowest BCUT2D eigenvalue weighted by Crippen LogP contribution is -2.41. The molecule has 0 saturated heterocycles. The quantitative estimate of drug-likeness (QED) is 0.160. The van der Waals surface area contributed by atoms with E-state index >= 15 is 0 Å². The maximum absolute atomic E-state index is 2.63. The molecule has 0 N–H and O–H groups in total. The second-order valence-corrected chi connectivity index (χ2v) is 18.3. The van der Waals surface area contributed by atoms with Crippen molar-refractivity contribution in [1.82, 2.24) is 0 Å². The molecular weight excluding hydrogens is 709 g/mol. The summed E-state index contributed by atoms with van der Waals surface area (Å²) in [6.07, 6.45) is 33.1. The third kappa shape index (κ3) is 5.35. The van der Waals surface area contributed by atoms with Gasteiger partial charge in [-0.05, 0) is 161 Å². The summed E-state index contributed by atoms with van der Waals surface area (Å²) in [4.78, 5) is 0. The van der Waals surface area contributed by atoms with Crippen molar-refractivity contribution < 1.29 is 0 Å². The molecule has 5 aromatic carbocycles. The van der Waals surface area contributed by atoms with Gasteiger partial charge in [-0.2, -0.15) is 0 Å². The zero-order valence-electron chi connectivity index (χ0n) is 34.3. The van der Waals surface area contributed by atoms with Gasteiger partial charge in [0.1, 0.15) is 0 Å². The van der Waals surface area contributed by atoms with Crippen molar-refractivity contribution >= 4 is 49.4 Å². The summed E-state index contributed by atoms with van der Waals surface area (Å²) in [6.45, 7) is 4.86. The molecule has 0 heteroatoms. The fourth-order valence-corrected chi connectivity index (χ4v) is 12.3. The Hall–Kier alpha value is -5.98. The topological polar surface area (TPSA) is 0 Å². The zero-order valence-corrected chi connectivity index (χ0v) is 34.3. The molecule has 0 saturated carbocycles. The predicted molar refractivity (Wildman–Crippen MR) is 251 cm³/mol. The minimum Gasteiger partial charge on any atom is -0.0842 e. The van der Waals surface area contributed by atoms with Gasteiger partial charge in [-0.3, -0.25) is 0 Å². The first kappa shape index (κ1) is 35.0. The van der Waals surface area contributed by atoms with Crippen LogP contribution >= 0.6 is 0 Å². The maximum atomic E-state index is 2.63. The molecule has 0 fully saturated rings. The molecule has 0 spiro atoms. The van der Waals surface area contributed by atoms with Crippen molar-refractivity contribution in [3.8, 4) is 0 Å². The number of hydrogen-bond acceptors (Lipinski definition) is 0. The van der Waals surface area contributed by atoms with Crippen LogP contribution in [0.15, 0.2) is 186 Å². The predicted octanol–water partition coefficient (Wildman–Crippen LogP) is 13.8. The summed E-state index contributed by atoms with van der Waals surface area (Å²) < 4.78 is 0. The molecule has 7 aliphatic rings. The number of allylic oxidation sites excluding steroid dienone is 18. The average molecular weight is 759 g/mol. The van der Waals surface area contributed by atoms with Crippen molar-refractivity contribution in [3.63, 3.8) is 0 Å². The second-order valence-electron chi connectivity index (χ2n) is 18.3. The van der Waals surface area contributed by atoms with Crippen LogP contribution in [-0.4, -0.2) is 0 Å². The van der Waals surface area contributed by atoms with E-state index < -0.39 is 0 Å². The van der Waals surface area contributed by atoms with Gasteiger partial charge in [-0.15, -0.1) is 0 Å². The van der Waals surface area contributed by atoms with E-state index in [4.69, 9.17) is 0 Å². The fourth-order valence-electron chi connectivity index (χ4n) is 12.3. The molecule has 59 heavy (non-hydrogen) atoms. The Morgan fingerprint density at radius 1 is 0.475 bits per heavy atom. The van der Waals surface area contributed by atoms with Crippen LogP contribution in [-0.2, 0) is 5.41 Å². The van der Waals surface area contributed by atoms with E-state index in [2.05, 4.69) is 172 Å². The molecule has 2 unspecified atom stereocenters. The number of fused-ring (bicyclic) bond motifs is 6. The van der Waals surface area contributed by atoms with Gasteiger partial charge in [0, 0.05) is 17.3 Å². The van der Waals surface area contributed by atoms with Crippen molar-refractivity contribution in [2.75, 3.05) is 0 Å². The van der Waals surface area contributed by atoms with Crippen LogP contribution in [0.1, 0.15) is 87.5 Å². The Labute approximate surface area is 348 Å². The van der Waals surface area contributed by atoms with Crippen molar-refractivity contribution in [2.24, 2.45) is 11.8 Å². The lowest BCUT2D eigenvalue weighted by molar-refractivity contribution is 0.646. The molecule has 0 radical (unpaired) electrons. The molecule has 0 nitrogen and oxygen atoms in total. The van der Waals surface area contributed by atoms with Crippen LogP contribution in [0.25, 0.3) is 49.4 Å². The first-order chi connectivity index (χ1) is 29.0. The number of benzene rings is 5. The minimum atomic E-state index is 0.0200. The molecule has 286 valence electrons. The van der Waals surface area contributed by atoms with Crippen molar-refractivity contribution in [3.05, 3.63) is 218 Å². The zero-order chi connectivity index (χ0) is 39.2. The van der Waals surface area contributed by atoms with Gasteiger partial charge in [0.05, 0.1) is 0 Å². The first-order valence-corrected chi connectivity index (χ1v) is 22.2. The Balaban J connectivity index is 0.990. The van der Waals surface area contributed by atoms with Gasteiger partial charge >= 0.3 is 0 Å². The lowest BCUT2D eigenvalue weighted by atomic mass is 9.66. The van der Waals surface area contributed by atoms with Gasteiger partial charge in [-0.25, -0.2) is 0 Å². The van der Waals surface area contributed by atoms with Crippen LogP contribution < -0.4 is 10.4 Å². The SMILES string of the molecule is CC1(C)C2=C(CCC(C3=c4ccccc4=C(C4=CC5=C(C=C(c6c7ccccc7c(C7=CC=CCC7)c7ccccc67)CC5)CC4)C4C=CC=CC34)=C2)c2ccccc21. The normalized spacial score (nSPS) is 22.7. The Kier molecular flexibility index (Phi) is 8.03. The van der Waals surface area contributed by atoms with Crippen LogP contribution in [0.2, 0.25) is 0 Å². The third-order valence-corrected chi connectivity index (χ3v) is 14.9. The summed E-state index contributed by atoms with van der Waals surface area (Å²) in [7, 11) is 0. The van der Waals surface area contributed by atoms with E-state index in [1.54, 1.807) is 33.4 Å². The molecule has 0 aliphatic heterocycles. The van der Waals surface area contributed by atoms with Crippen LogP contribution in [0.5, 0.6) is 0 Å². The molecule has 0 amide bonds. The molecule has 0 aromatic heterocycles. The van der Waals surface area contributed by atoms with Gasteiger partial charge in [-0.1, -0.05) is 172 Å². The summed E-state index contributed by atoms with van der Waals surface area (Å²) in [6, 6.07) is 37.0. The van der Waals surface area contributed by atoms with Crippen LogP contribution in [0.3, 0.4) is 0 Å². The Bertz CT molecular complexity index is 3050. The molecule has 7 aliphatic carbocycles. The summed E-state index contributed by atoms with van der Waals surface area (Å²) >= 11 is 0. The van der Waals surface area contributed by atoms with E-state index in [-0.39, 0.29) is 5.41 Å². The van der Waals surface area contributed by atoms with E-state index in [0.717, 1.165) is 51.4 Å². The van der Waals surface area contributed by atoms with Gasteiger partial charge in [0.25, 0.3) is 0 Å². The van der Waals surface area contributed by atoms with Crippen molar-refractivity contribution in [1.29, 1.82) is 0 Å². The molecule has 0 bridgehead atoms. The third-order valence-electron chi connectivity index (χ3n) is 14.9. The molecule has 5 aromatic rings. The van der Waals surface area contributed by atoms with E-state index in [0.29, 0.717) is 11.8 Å². The first-order valence-electron chi connectivity index (χ1n) is 22.2. The Morgan fingerprint density at radius 2 is 1.00 bits per heavy atom. The lowest BCUT2D eigenvalue weighted by Gasteiger charge is -2.37. The monoisotopic (exact) mass is 758 g/mol. The highest BCUT2D eigenvalue weighted by Gasteiger charge is 2.40. The molecule has 2 atom stereocenters. The standard InChI is InChI=1S/C59H50/c1-59(2)53-27-15-14-18-43(53)44-33-32-42(36-54(44)59)58-51-25-12-10-23-49(51)57(50-24-11-13-26-52(50)58)41-31-29-38-34-40(30-28-39(38)35-41)56-47-21-8-6-19-45(47)55(37-16-4-3-5-17-37)46-20-7-9-22-48(46)56/h3-4,6-16,18-27,34-36,49,51H,5,17,28-33H2,1-2H3. The van der Waals surface area contributed by atoms with E-state index in [9.17, 15) is 0 Å². The second kappa shape index (κ2) is 13.5. The number of hydrogen-bond donors (Lipinski definition) is 0. The minimum absolute atomic E-state index is 0.0200. The highest BCUT2D eigenvalue weighted by atomic mass is 14.4. The molecule has 12 rings (SSSR count). The highest BCUT2D eigenvalue weighted by Crippen LogP contribution is 2.54. The molecule has 0 heterocycles. The van der Waals surface area contributed by atoms with Gasteiger partial charge in [0.15, 0.2) is 0 Å². The van der Waals surface area contributed by atoms with Crippen LogP contribution in [0, 0.1) is 11.8 Å². The summed E-state index contributed by atoms with van der Waals surface area (Å²) in [5, 5.41) is 8.46. The Morgan fingerprint density at radius 3 is 1.63 bits per heavy atom. The largest absolute Gasteiger partial charge is 0.0842 e. The van der Waals surface area contributed by atoms with E-state index in [1.165, 1.54) is 76.5 Å². The van der Waals surface area contributed by atoms with Gasteiger partial charge < -0.3 is 0 Å². The smallest absolute Gasteiger partial charge is 0.0155 e. The van der Waals surface area contributed by atoms with Crippen molar-refractivity contribution in [2.45, 2.75) is 70.6 Å². The van der Waals surface area contributed by atoms with E-state index in [1.807, 2.05) is 0 Å². The van der Waals surface area contributed by atoms with Gasteiger partial charge in [0.2, 0.25) is 0 Å². The fraction of sp³-hybridized carbons (Fsp3) is 0.220. The summed E-state index contributed by atoms with van der Waals surface area (Å²) in [5.74, 6) is 0.674. The number of rotatable bonds is 4. The highest BCUT2D eigenvalue weighted by molar-refractivity contribution is 6.16. The summed E-state index contributed by atoms with van der Waals surface area (Å²) in [5.41, 5.74) is 21.2.